The molecule has 3 nitrogen and oxygen atoms in total. The Morgan fingerprint density at radius 1 is 1.13 bits per heavy atom. The van der Waals surface area contributed by atoms with Crippen LogP contribution in [-0.2, 0) is 5.41 Å². The van der Waals surface area contributed by atoms with E-state index in [9.17, 15) is 4.79 Å². The maximum absolute atomic E-state index is 11.3. The number of benzene rings is 2. The monoisotopic (exact) mass is 308 g/mol. The van der Waals surface area contributed by atoms with Gasteiger partial charge in [0.1, 0.15) is 0 Å². The van der Waals surface area contributed by atoms with Gasteiger partial charge in [-0.15, -0.1) is 0 Å². The number of anilines is 1. The molecule has 0 heterocycles. The SMILES string of the molecule is C=C(Nc1cccc(C(N)=O)c1)c1ccc(C(C)(C)C)cc1C. The average Bonchev–Trinajstić information content (AvgIpc) is 2.46. The van der Waals surface area contributed by atoms with Gasteiger partial charge in [0, 0.05) is 22.5 Å². The third-order valence-electron chi connectivity index (χ3n) is 3.86. The minimum absolute atomic E-state index is 0.119. The summed E-state index contributed by atoms with van der Waals surface area (Å²) in [6, 6.07) is 13.5. The van der Waals surface area contributed by atoms with E-state index in [-0.39, 0.29) is 5.41 Å². The van der Waals surface area contributed by atoms with Crippen LogP contribution in [0.3, 0.4) is 0 Å². The minimum Gasteiger partial charge on any atom is -0.366 e. The van der Waals surface area contributed by atoms with Gasteiger partial charge in [-0.1, -0.05) is 51.6 Å². The Bertz CT molecular complexity index is 754. The first-order chi connectivity index (χ1) is 10.7. The van der Waals surface area contributed by atoms with E-state index in [1.54, 1.807) is 18.2 Å². The van der Waals surface area contributed by atoms with Crippen molar-refractivity contribution in [2.45, 2.75) is 33.1 Å². The van der Waals surface area contributed by atoms with Gasteiger partial charge in [0.25, 0.3) is 0 Å². The maximum atomic E-state index is 11.3. The van der Waals surface area contributed by atoms with Crippen LogP contribution in [0.5, 0.6) is 0 Å². The predicted octanol–water partition coefficient (Wildman–Crippen LogP) is 4.47. The highest BCUT2D eigenvalue weighted by Crippen LogP contribution is 2.27. The first kappa shape index (κ1) is 16.8. The van der Waals surface area contributed by atoms with Gasteiger partial charge in [0.2, 0.25) is 5.91 Å². The fourth-order valence-corrected chi connectivity index (χ4v) is 2.46. The van der Waals surface area contributed by atoms with Crippen LogP contribution in [0, 0.1) is 6.92 Å². The summed E-state index contributed by atoms with van der Waals surface area (Å²) in [7, 11) is 0. The van der Waals surface area contributed by atoms with Crippen LogP contribution in [0.1, 0.15) is 47.8 Å². The summed E-state index contributed by atoms with van der Waals surface area (Å²) in [6.07, 6.45) is 0. The van der Waals surface area contributed by atoms with Crippen molar-refractivity contribution in [1.82, 2.24) is 0 Å². The number of hydrogen-bond donors (Lipinski definition) is 2. The van der Waals surface area contributed by atoms with Crippen molar-refractivity contribution < 1.29 is 4.79 Å². The van der Waals surface area contributed by atoms with Crippen molar-refractivity contribution in [2.75, 3.05) is 5.32 Å². The quantitative estimate of drug-likeness (QED) is 0.875. The summed E-state index contributed by atoms with van der Waals surface area (Å²) in [5.74, 6) is -0.440. The smallest absolute Gasteiger partial charge is 0.248 e. The second-order valence-corrected chi connectivity index (χ2v) is 6.83. The molecule has 1 amide bonds. The molecule has 0 saturated carbocycles. The van der Waals surface area contributed by atoms with E-state index in [0.717, 1.165) is 16.9 Å². The van der Waals surface area contributed by atoms with E-state index < -0.39 is 5.91 Å². The third kappa shape index (κ3) is 4.01. The molecular formula is C20H24N2O. The topological polar surface area (TPSA) is 55.1 Å². The van der Waals surface area contributed by atoms with Gasteiger partial charge < -0.3 is 11.1 Å². The fourth-order valence-electron chi connectivity index (χ4n) is 2.46. The van der Waals surface area contributed by atoms with Crippen molar-refractivity contribution in [3.8, 4) is 0 Å². The summed E-state index contributed by atoms with van der Waals surface area (Å²) in [5, 5.41) is 3.25. The fraction of sp³-hybridized carbons (Fsp3) is 0.250. The van der Waals surface area contributed by atoms with Gasteiger partial charge >= 0.3 is 0 Å². The van der Waals surface area contributed by atoms with E-state index in [1.807, 2.05) is 6.07 Å². The van der Waals surface area contributed by atoms with E-state index in [1.165, 1.54) is 11.1 Å². The van der Waals surface area contributed by atoms with E-state index in [4.69, 9.17) is 5.73 Å². The molecule has 0 bridgehead atoms. The van der Waals surface area contributed by atoms with Crippen LogP contribution >= 0.6 is 0 Å². The number of amides is 1. The Hall–Kier alpha value is -2.55. The highest BCUT2D eigenvalue weighted by atomic mass is 16.1. The molecule has 2 aromatic rings. The normalized spacial score (nSPS) is 11.1. The molecule has 0 aliphatic carbocycles. The number of nitrogens with two attached hydrogens (primary N) is 1. The molecule has 2 rings (SSSR count). The van der Waals surface area contributed by atoms with Gasteiger partial charge in [-0.05, 0) is 41.7 Å². The zero-order valence-electron chi connectivity index (χ0n) is 14.2. The zero-order valence-corrected chi connectivity index (χ0v) is 14.2. The molecule has 120 valence electrons. The Morgan fingerprint density at radius 2 is 1.83 bits per heavy atom. The first-order valence-corrected chi connectivity index (χ1v) is 7.66. The molecule has 0 saturated heterocycles. The summed E-state index contributed by atoms with van der Waals surface area (Å²) in [6.45, 7) is 12.8. The molecule has 0 radical (unpaired) electrons. The van der Waals surface area contributed by atoms with Crippen molar-refractivity contribution >= 4 is 17.3 Å². The number of primary amides is 1. The number of carbonyl (C=O) groups is 1. The maximum Gasteiger partial charge on any atom is 0.248 e. The molecule has 0 unspecified atom stereocenters. The van der Waals surface area contributed by atoms with Crippen LogP contribution in [0.2, 0.25) is 0 Å². The van der Waals surface area contributed by atoms with Crippen molar-refractivity contribution in [2.24, 2.45) is 5.73 Å². The molecular weight excluding hydrogens is 284 g/mol. The highest BCUT2D eigenvalue weighted by Gasteiger charge is 2.15. The summed E-state index contributed by atoms with van der Waals surface area (Å²) >= 11 is 0. The van der Waals surface area contributed by atoms with Gasteiger partial charge in [0.05, 0.1) is 0 Å². The van der Waals surface area contributed by atoms with E-state index in [2.05, 4.69) is 57.8 Å². The van der Waals surface area contributed by atoms with Crippen LogP contribution in [0.4, 0.5) is 5.69 Å². The van der Waals surface area contributed by atoms with Crippen molar-refractivity contribution in [1.29, 1.82) is 0 Å². The van der Waals surface area contributed by atoms with Crippen molar-refractivity contribution in [3.63, 3.8) is 0 Å². The second kappa shape index (κ2) is 6.29. The van der Waals surface area contributed by atoms with Crippen LogP contribution in [0.25, 0.3) is 5.70 Å². The Kier molecular flexibility index (Phi) is 4.60. The lowest BCUT2D eigenvalue weighted by Crippen LogP contribution is -2.12. The van der Waals surface area contributed by atoms with E-state index >= 15 is 0 Å². The van der Waals surface area contributed by atoms with Crippen LogP contribution in [-0.4, -0.2) is 5.91 Å². The number of nitrogens with one attached hydrogen (secondary N) is 1. The lowest BCUT2D eigenvalue weighted by Gasteiger charge is -2.21. The van der Waals surface area contributed by atoms with Crippen LogP contribution in [0.15, 0.2) is 49.0 Å². The Balaban J connectivity index is 2.24. The molecule has 0 aliphatic heterocycles. The number of aryl methyl sites for hydroxylation is 1. The summed E-state index contributed by atoms with van der Waals surface area (Å²) in [4.78, 5) is 11.3. The number of carbonyl (C=O) groups excluding carboxylic acids is 1. The molecule has 0 fully saturated rings. The molecule has 0 spiro atoms. The van der Waals surface area contributed by atoms with Crippen LogP contribution < -0.4 is 11.1 Å². The summed E-state index contributed by atoms with van der Waals surface area (Å²) < 4.78 is 0. The largest absolute Gasteiger partial charge is 0.366 e. The first-order valence-electron chi connectivity index (χ1n) is 7.66. The third-order valence-corrected chi connectivity index (χ3v) is 3.86. The molecule has 0 atom stereocenters. The van der Waals surface area contributed by atoms with Gasteiger partial charge in [-0.2, -0.15) is 0 Å². The number of rotatable bonds is 4. The highest BCUT2D eigenvalue weighted by molar-refractivity contribution is 5.94. The van der Waals surface area contributed by atoms with E-state index in [0.29, 0.717) is 5.56 Å². The van der Waals surface area contributed by atoms with Gasteiger partial charge in [-0.25, -0.2) is 0 Å². The number of hydrogen-bond acceptors (Lipinski definition) is 2. The molecule has 2 aromatic carbocycles. The van der Waals surface area contributed by atoms with Gasteiger partial charge in [0.15, 0.2) is 0 Å². The molecule has 3 heteroatoms. The molecule has 23 heavy (non-hydrogen) atoms. The predicted molar refractivity (Wildman–Crippen MR) is 97.5 cm³/mol. The second-order valence-electron chi connectivity index (χ2n) is 6.83. The zero-order chi connectivity index (χ0) is 17.2. The summed E-state index contributed by atoms with van der Waals surface area (Å²) in [5.41, 5.74) is 11.0. The van der Waals surface area contributed by atoms with Crippen molar-refractivity contribution in [3.05, 3.63) is 71.3 Å². The Labute approximate surface area is 138 Å². The standard InChI is InChI=1S/C20H24N2O/c1-13-11-16(20(3,4)5)9-10-18(13)14(2)22-17-8-6-7-15(12-17)19(21)23/h6-12,22H,2H2,1,3-5H3,(H2,21,23). The average molecular weight is 308 g/mol. The Morgan fingerprint density at radius 3 is 2.39 bits per heavy atom. The lowest BCUT2D eigenvalue weighted by molar-refractivity contribution is 0.100. The molecule has 0 aromatic heterocycles. The minimum atomic E-state index is -0.440. The lowest BCUT2D eigenvalue weighted by atomic mass is 9.85. The van der Waals surface area contributed by atoms with Gasteiger partial charge in [-0.3, -0.25) is 4.79 Å². The molecule has 0 aliphatic rings. The molecule has 3 N–H and O–H groups in total.